The van der Waals surface area contributed by atoms with Gasteiger partial charge in [-0.15, -0.1) is 0 Å². The van der Waals surface area contributed by atoms with Crippen molar-refractivity contribution >= 4 is 5.91 Å². The second-order valence-electron chi connectivity index (χ2n) is 7.58. The van der Waals surface area contributed by atoms with Gasteiger partial charge in [-0.1, -0.05) is 0 Å². The molecule has 1 atom stereocenters. The van der Waals surface area contributed by atoms with E-state index < -0.39 is 0 Å². The van der Waals surface area contributed by atoms with Crippen LogP contribution in [0.5, 0.6) is 0 Å². The number of rotatable bonds is 4. The number of hydrogen-bond acceptors (Lipinski definition) is 5. The Bertz CT molecular complexity index is 428. The van der Waals surface area contributed by atoms with Crippen LogP contribution < -0.4 is 0 Å². The average molecular weight is 339 g/mol. The van der Waals surface area contributed by atoms with Crippen LogP contribution in [-0.4, -0.2) is 98.9 Å². The Morgan fingerprint density at radius 1 is 1.21 bits per heavy atom. The summed E-state index contributed by atoms with van der Waals surface area (Å²) in [6.45, 7) is 7.34. The maximum absolute atomic E-state index is 12.5. The molecule has 3 aliphatic heterocycles. The SMILES string of the molecule is COCCN1CC[C@]2(CCC1=O)CN(C1CCOCC1)CCN2C. The van der Waals surface area contributed by atoms with Gasteiger partial charge in [0.2, 0.25) is 5.91 Å². The summed E-state index contributed by atoms with van der Waals surface area (Å²) < 4.78 is 10.7. The van der Waals surface area contributed by atoms with Gasteiger partial charge in [-0.3, -0.25) is 14.6 Å². The Kier molecular flexibility index (Phi) is 6.13. The lowest BCUT2D eigenvalue weighted by Crippen LogP contribution is -2.63. The van der Waals surface area contributed by atoms with E-state index in [1.807, 2.05) is 4.90 Å². The summed E-state index contributed by atoms with van der Waals surface area (Å²) in [6.07, 6.45) is 5.01. The minimum Gasteiger partial charge on any atom is -0.383 e. The van der Waals surface area contributed by atoms with Crippen LogP contribution in [0.1, 0.15) is 32.1 Å². The van der Waals surface area contributed by atoms with Crippen molar-refractivity contribution in [1.29, 1.82) is 0 Å². The van der Waals surface area contributed by atoms with Crippen LogP contribution in [0.2, 0.25) is 0 Å². The molecule has 3 heterocycles. The number of carbonyl (C=O) groups is 1. The Morgan fingerprint density at radius 2 is 2.00 bits per heavy atom. The van der Waals surface area contributed by atoms with Crippen molar-refractivity contribution in [3.63, 3.8) is 0 Å². The molecule has 0 saturated carbocycles. The van der Waals surface area contributed by atoms with Crippen molar-refractivity contribution in [2.24, 2.45) is 0 Å². The standard InChI is InChI=1S/C18H33N3O3/c1-19-9-10-21(16-4-12-24-13-5-16)15-18(19)6-3-17(22)20(8-7-18)11-14-23-2/h16H,3-15H2,1-2H3/t18-/m1/s1. The first-order valence-electron chi connectivity index (χ1n) is 9.44. The fraction of sp³-hybridized carbons (Fsp3) is 0.944. The molecular weight excluding hydrogens is 306 g/mol. The summed E-state index contributed by atoms with van der Waals surface area (Å²) in [5, 5.41) is 0. The maximum atomic E-state index is 12.5. The first-order valence-corrected chi connectivity index (χ1v) is 9.44. The number of amides is 1. The lowest BCUT2D eigenvalue weighted by Gasteiger charge is -2.51. The number of nitrogens with zero attached hydrogens (tertiary/aromatic N) is 3. The van der Waals surface area contributed by atoms with E-state index in [-0.39, 0.29) is 5.54 Å². The third-order valence-corrected chi connectivity index (χ3v) is 6.31. The summed E-state index contributed by atoms with van der Waals surface area (Å²) in [6, 6.07) is 0.660. The molecule has 0 unspecified atom stereocenters. The van der Waals surface area contributed by atoms with Gasteiger partial charge in [0.15, 0.2) is 0 Å². The number of ether oxygens (including phenoxy) is 2. The third-order valence-electron chi connectivity index (χ3n) is 6.31. The first kappa shape index (κ1) is 18.1. The molecule has 3 fully saturated rings. The Morgan fingerprint density at radius 3 is 2.75 bits per heavy atom. The minimum absolute atomic E-state index is 0.147. The number of piperazine rings is 1. The highest BCUT2D eigenvalue weighted by molar-refractivity contribution is 5.76. The van der Waals surface area contributed by atoms with Crippen molar-refractivity contribution < 1.29 is 14.3 Å². The number of likely N-dealkylation sites (N-methyl/N-ethyl adjacent to an activating group) is 1. The molecule has 3 saturated heterocycles. The predicted octanol–water partition coefficient (Wildman–Crippen LogP) is 0.811. The molecule has 24 heavy (non-hydrogen) atoms. The van der Waals surface area contributed by atoms with Gasteiger partial charge >= 0.3 is 0 Å². The van der Waals surface area contributed by atoms with Gasteiger partial charge in [0, 0.05) is 71.0 Å². The summed E-state index contributed by atoms with van der Waals surface area (Å²) in [4.78, 5) is 19.7. The van der Waals surface area contributed by atoms with Gasteiger partial charge in [0.1, 0.15) is 0 Å². The second kappa shape index (κ2) is 8.13. The van der Waals surface area contributed by atoms with Gasteiger partial charge in [0.25, 0.3) is 0 Å². The number of methoxy groups -OCH3 is 1. The monoisotopic (exact) mass is 339 g/mol. The summed E-state index contributed by atoms with van der Waals surface area (Å²) in [7, 11) is 3.95. The number of hydrogen-bond donors (Lipinski definition) is 0. The third kappa shape index (κ3) is 3.93. The summed E-state index contributed by atoms with van der Waals surface area (Å²) in [5.74, 6) is 0.292. The molecule has 0 aliphatic carbocycles. The highest BCUT2D eigenvalue weighted by Gasteiger charge is 2.43. The Hall–Kier alpha value is -0.690. The zero-order valence-electron chi connectivity index (χ0n) is 15.3. The predicted molar refractivity (Wildman–Crippen MR) is 93.1 cm³/mol. The topological polar surface area (TPSA) is 45.3 Å². The normalized spacial score (nSPS) is 31.6. The van der Waals surface area contributed by atoms with Crippen molar-refractivity contribution in [1.82, 2.24) is 14.7 Å². The molecule has 0 radical (unpaired) electrons. The average Bonchev–Trinajstić information content (AvgIpc) is 2.77. The van der Waals surface area contributed by atoms with Gasteiger partial charge < -0.3 is 14.4 Å². The van der Waals surface area contributed by atoms with E-state index in [0.29, 0.717) is 25.0 Å². The highest BCUT2D eigenvalue weighted by Crippen LogP contribution is 2.33. The van der Waals surface area contributed by atoms with E-state index in [1.54, 1.807) is 7.11 Å². The second-order valence-corrected chi connectivity index (χ2v) is 7.58. The van der Waals surface area contributed by atoms with Crippen molar-refractivity contribution in [2.75, 3.05) is 66.7 Å². The fourth-order valence-corrected chi connectivity index (χ4v) is 4.52. The zero-order valence-corrected chi connectivity index (χ0v) is 15.3. The van der Waals surface area contributed by atoms with E-state index in [1.165, 1.54) is 0 Å². The van der Waals surface area contributed by atoms with E-state index >= 15 is 0 Å². The number of carbonyl (C=O) groups excluding carboxylic acids is 1. The smallest absolute Gasteiger partial charge is 0.222 e. The molecule has 6 nitrogen and oxygen atoms in total. The maximum Gasteiger partial charge on any atom is 0.222 e. The van der Waals surface area contributed by atoms with E-state index in [2.05, 4.69) is 16.8 Å². The van der Waals surface area contributed by atoms with Crippen LogP contribution in [0.3, 0.4) is 0 Å². The summed E-state index contributed by atoms with van der Waals surface area (Å²) in [5.41, 5.74) is 0.147. The Balaban J connectivity index is 1.66. The molecule has 3 rings (SSSR count). The summed E-state index contributed by atoms with van der Waals surface area (Å²) >= 11 is 0. The molecule has 0 bridgehead atoms. The highest BCUT2D eigenvalue weighted by atomic mass is 16.5. The molecule has 0 aromatic heterocycles. The van der Waals surface area contributed by atoms with Crippen molar-refractivity contribution in [3.05, 3.63) is 0 Å². The van der Waals surface area contributed by atoms with E-state index in [9.17, 15) is 4.79 Å². The number of likely N-dealkylation sites (tertiary alicyclic amines) is 1. The van der Waals surface area contributed by atoms with Gasteiger partial charge in [-0.25, -0.2) is 0 Å². The first-order chi connectivity index (χ1) is 11.6. The van der Waals surface area contributed by atoms with Gasteiger partial charge in [-0.05, 0) is 32.7 Å². The van der Waals surface area contributed by atoms with Crippen LogP contribution >= 0.6 is 0 Å². The van der Waals surface area contributed by atoms with Crippen molar-refractivity contribution in [2.45, 2.75) is 43.7 Å². The van der Waals surface area contributed by atoms with Gasteiger partial charge in [-0.2, -0.15) is 0 Å². The molecule has 0 N–H and O–H groups in total. The Labute approximate surface area is 146 Å². The fourth-order valence-electron chi connectivity index (χ4n) is 4.52. The minimum atomic E-state index is 0.147. The largest absolute Gasteiger partial charge is 0.383 e. The van der Waals surface area contributed by atoms with Gasteiger partial charge in [0.05, 0.1) is 6.61 Å². The molecule has 6 heteroatoms. The van der Waals surface area contributed by atoms with Crippen LogP contribution in [0.25, 0.3) is 0 Å². The van der Waals surface area contributed by atoms with Crippen LogP contribution in [0.4, 0.5) is 0 Å². The van der Waals surface area contributed by atoms with Crippen LogP contribution in [0.15, 0.2) is 0 Å². The van der Waals surface area contributed by atoms with Crippen LogP contribution in [0, 0.1) is 0 Å². The molecule has 138 valence electrons. The molecule has 0 aromatic rings. The molecule has 3 aliphatic rings. The van der Waals surface area contributed by atoms with E-state index in [4.69, 9.17) is 9.47 Å². The molecule has 1 amide bonds. The molecule has 0 aromatic carbocycles. The quantitative estimate of drug-likeness (QED) is 0.758. The van der Waals surface area contributed by atoms with E-state index in [0.717, 1.165) is 71.6 Å². The van der Waals surface area contributed by atoms with Crippen molar-refractivity contribution in [3.8, 4) is 0 Å². The molecular formula is C18H33N3O3. The lowest BCUT2D eigenvalue weighted by molar-refractivity contribution is -0.131. The lowest BCUT2D eigenvalue weighted by atomic mass is 9.85. The molecule has 1 spiro atoms. The zero-order chi connectivity index (χ0) is 17.0. The van der Waals surface area contributed by atoms with Crippen LogP contribution in [-0.2, 0) is 14.3 Å².